The van der Waals surface area contributed by atoms with E-state index < -0.39 is 28.5 Å². The number of benzene rings is 2. The van der Waals surface area contributed by atoms with Crippen LogP contribution in [0.15, 0.2) is 47.4 Å². The number of methoxy groups -OCH3 is 1. The number of piperidine rings is 1. The van der Waals surface area contributed by atoms with Crippen molar-refractivity contribution < 1.29 is 27.5 Å². The summed E-state index contributed by atoms with van der Waals surface area (Å²) < 4.78 is 37.8. The number of rotatable bonds is 7. The van der Waals surface area contributed by atoms with Crippen LogP contribution in [0.25, 0.3) is 0 Å². The zero-order chi connectivity index (χ0) is 24.2. The second kappa shape index (κ2) is 10.5. The minimum Gasteiger partial charge on any atom is -0.495 e. The highest BCUT2D eigenvalue weighted by Crippen LogP contribution is 2.28. The molecule has 2 aromatic carbocycles. The van der Waals surface area contributed by atoms with Gasteiger partial charge in [0, 0.05) is 18.8 Å². The molecular weight excluding hydrogens is 468 g/mol. The van der Waals surface area contributed by atoms with Gasteiger partial charge in [-0.05, 0) is 54.7 Å². The zero-order valence-corrected chi connectivity index (χ0v) is 20.3. The number of amides is 1. The molecule has 0 spiro atoms. The van der Waals surface area contributed by atoms with E-state index in [2.05, 4.69) is 5.32 Å². The van der Waals surface area contributed by atoms with Gasteiger partial charge in [0.05, 0.1) is 22.6 Å². The Balaban J connectivity index is 1.63. The highest BCUT2D eigenvalue weighted by molar-refractivity contribution is 7.89. The lowest BCUT2D eigenvalue weighted by atomic mass is 9.94. The second-order valence-electron chi connectivity index (χ2n) is 8.27. The maximum atomic E-state index is 13.1. The van der Waals surface area contributed by atoms with Crippen molar-refractivity contribution in [2.24, 2.45) is 11.8 Å². The van der Waals surface area contributed by atoms with Gasteiger partial charge in [0.25, 0.3) is 5.91 Å². The second-order valence-corrected chi connectivity index (χ2v) is 10.6. The van der Waals surface area contributed by atoms with Crippen LogP contribution in [0.2, 0.25) is 5.02 Å². The normalized spacial score (nSPS) is 19.0. The average molecular weight is 495 g/mol. The molecule has 1 aliphatic heterocycles. The van der Waals surface area contributed by atoms with Gasteiger partial charge in [-0.1, -0.05) is 31.5 Å². The number of nitrogens with one attached hydrogen (secondary N) is 1. The fraction of sp³-hybridized carbons (Fsp3) is 0.391. The Morgan fingerprint density at radius 3 is 2.45 bits per heavy atom. The van der Waals surface area contributed by atoms with Crippen LogP contribution in [0.3, 0.4) is 0 Å². The van der Waals surface area contributed by atoms with Crippen LogP contribution < -0.4 is 10.1 Å². The van der Waals surface area contributed by atoms with Gasteiger partial charge in [0.15, 0.2) is 6.61 Å². The fourth-order valence-electron chi connectivity index (χ4n) is 3.89. The number of halogens is 1. The van der Waals surface area contributed by atoms with Crippen LogP contribution in [-0.2, 0) is 19.6 Å². The van der Waals surface area contributed by atoms with E-state index in [0.29, 0.717) is 29.5 Å². The minimum atomic E-state index is -3.74. The third-order valence-electron chi connectivity index (χ3n) is 5.31. The highest BCUT2D eigenvalue weighted by Gasteiger charge is 2.32. The van der Waals surface area contributed by atoms with Crippen LogP contribution in [-0.4, -0.2) is 51.4 Å². The summed E-state index contributed by atoms with van der Waals surface area (Å²) >= 11 is 6.03. The van der Waals surface area contributed by atoms with Crippen LogP contribution in [0.4, 0.5) is 5.69 Å². The van der Waals surface area contributed by atoms with E-state index in [1.54, 1.807) is 12.1 Å². The summed E-state index contributed by atoms with van der Waals surface area (Å²) in [5.41, 5.74) is 0.467. The number of ether oxygens (including phenoxy) is 2. The Kier molecular flexibility index (Phi) is 7.99. The van der Waals surface area contributed by atoms with Crippen molar-refractivity contribution in [3.8, 4) is 5.75 Å². The highest BCUT2D eigenvalue weighted by atomic mass is 35.5. The zero-order valence-electron chi connectivity index (χ0n) is 18.7. The summed E-state index contributed by atoms with van der Waals surface area (Å²) in [6.07, 6.45) is 0.975. The molecule has 8 nitrogen and oxygen atoms in total. The van der Waals surface area contributed by atoms with E-state index in [1.807, 2.05) is 13.8 Å². The van der Waals surface area contributed by atoms with Gasteiger partial charge in [-0.2, -0.15) is 4.31 Å². The van der Waals surface area contributed by atoms with Crippen molar-refractivity contribution in [1.82, 2.24) is 4.31 Å². The molecule has 1 amide bonds. The van der Waals surface area contributed by atoms with Crippen LogP contribution in [0.5, 0.6) is 5.75 Å². The standard InChI is InChI=1S/C23H27ClN2O6S/c1-15-9-16(2)13-26(12-15)33(29,30)19-6-4-5-17(10-19)23(28)32-14-22(27)25-18-7-8-21(31-3)20(24)11-18/h4-8,10-11,15-16H,9,12-14H2,1-3H3,(H,25,27). The van der Waals surface area contributed by atoms with E-state index in [-0.39, 0.29) is 22.3 Å². The van der Waals surface area contributed by atoms with E-state index in [9.17, 15) is 18.0 Å². The third-order valence-corrected chi connectivity index (χ3v) is 7.44. The quantitative estimate of drug-likeness (QED) is 0.587. The molecule has 0 aliphatic carbocycles. The van der Waals surface area contributed by atoms with E-state index in [0.717, 1.165) is 6.42 Å². The smallest absolute Gasteiger partial charge is 0.338 e. The van der Waals surface area contributed by atoms with E-state index >= 15 is 0 Å². The van der Waals surface area contributed by atoms with Crippen molar-refractivity contribution in [3.05, 3.63) is 53.1 Å². The molecule has 2 unspecified atom stereocenters. The number of nitrogens with zero attached hydrogens (tertiary/aromatic N) is 1. The van der Waals surface area contributed by atoms with Gasteiger partial charge in [0.2, 0.25) is 10.0 Å². The first-order chi connectivity index (χ1) is 15.6. The Morgan fingerprint density at radius 2 is 1.82 bits per heavy atom. The lowest BCUT2D eigenvalue weighted by molar-refractivity contribution is -0.119. The number of sulfonamides is 1. The topological polar surface area (TPSA) is 102 Å². The summed E-state index contributed by atoms with van der Waals surface area (Å²) in [5, 5.41) is 2.89. The number of carbonyl (C=O) groups is 2. The van der Waals surface area contributed by atoms with Crippen molar-refractivity contribution in [3.63, 3.8) is 0 Å². The average Bonchev–Trinajstić information content (AvgIpc) is 2.77. The monoisotopic (exact) mass is 494 g/mol. The van der Waals surface area contributed by atoms with Crippen LogP contribution in [0.1, 0.15) is 30.6 Å². The van der Waals surface area contributed by atoms with Crippen molar-refractivity contribution in [2.75, 3.05) is 32.1 Å². The van der Waals surface area contributed by atoms with Crippen molar-refractivity contribution in [2.45, 2.75) is 25.2 Å². The van der Waals surface area contributed by atoms with Crippen molar-refractivity contribution in [1.29, 1.82) is 0 Å². The Morgan fingerprint density at radius 1 is 1.12 bits per heavy atom. The molecule has 2 aromatic rings. The lowest BCUT2D eigenvalue weighted by Gasteiger charge is -2.34. The molecule has 0 radical (unpaired) electrons. The molecule has 1 aliphatic rings. The van der Waals surface area contributed by atoms with Crippen LogP contribution in [0, 0.1) is 11.8 Å². The summed E-state index contributed by atoms with van der Waals surface area (Å²) in [6, 6.07) is 10.4. The fourth-order valence-corrected chi connectivity index (χ4v) is 5.87. The number of carbonyl (C=O) groups excluding carboxylic acids is 2. The van der Waals surface area contributed by atoms with Crippen molar-refractivity contribution >= 4 is 39.2 Å². The molecule has 178 valence electrons. The molecule has 0 saturated carbocycles. The van der Waals surface area contributed by atoms with Gasteiger partial charge in [0.1, 0.15) is 5.75 Å². The molecule has 33 heavy (non-hydrogen) atoms. The first kappa shape index (κ1) is 25.0. The Labute approximate surface area is 198 Å². The first-order valence-corrected chi connectivity index (χ1v) is 12.3. The minimum absolute atomic E-state index is 0.0237. The summed E-state index contributed by atoms with van der Waals surface area (Å²) in [5.74, 6) is -0.379. The largest absolute Gasteiger partial charge is 0.495 e. The number of anilines is 1. The first-order valence-electron chi connectivity index (χ1n) is 10.5. The number of esters is 1. The molecule has 1 saturated heterocycles. The predicted molar refractivity (Wildman–Crippen MR) is 125 cm³/mol. The Hall–Kier alpha value is -2.62. The maximum Gasteiger partial charge on any atom is 0.338 e. The predicted octanol–water partition coefficient (Wildman–Crippen LogP) is 3.81. The summed E-state index contributed by atoms with van der Waals surface area (Å²) in [6.45, 7) is 4.39. The third kappa shape index (κ3) is 6.25. The molecule has 1 fully saturated rings. The molecule has 3 rings (SSSR count). The molecule has 0 aromatic heterocycles. The molecule has 2 atom stereocenters. The van der Waals surface area contributed by atoms with E-state index in [4.69, 9.17) is 21.1 Å². The molecular formula is C23H27ClN2O6S. The van der Waals surface area contributed by atoms with Crippen LogP contribution >= 0.6 is 11.6 Å². The van der Waals surface area contributed by atoms with Gasteiger partial charge in [-0.25, -0.2) is 13.2 Å². The summed E-state index contributed by atoms with van der Waals surface area (Å²) in [4.78, 5) is 24.6. The SMILES string of the molecule is COc1ccc(NC(=O)COC(=O)c2cccc(S(=O)(=O)N3CC(C)CC(C)C3)c2)cc1Cl. The summed E-state index contributed by atoms with van der Waals surface area (Å²) in [7, 11) is -2.26. The Bertz CT molecular complexity index is 1130. The molecule has 10 heteroatoms. The number of hydrogen-bond acceptors (Lipinski definition) is 6. The lowest BCUT2D eigenvalue weighted by Crippen LogP contribution is -2.42. The van der Waals surface area contributed by atoms with Gasteiger partial charge in [-0.15, -0.1) is 0 Å². The molecule has 0 bridgehead atoms. The van der Waals surface area contributed by atoms with Gasteiger partial charge >= 0.3 is 5.97 Å². The maximum absolute atomic E-state index is 13.1. The van der Waals surface area contributed by atoms with Gasteiger partial charge < -0.3 is 14.8 Å². The van der Waals surface area contributed by atoms with Gasteiger partial charge in [-0.3, -0.25) is 4.79 Å². The molecule has 1 N–H and O–H groups in total. The number of hydrogen-bond donors (Lipinski definition) is 1. The molecule has 1 heterocycles. The van der Waals surface area contributed by atoms with E-state index in [1.165, 1.54) is 41.7 Å².